The van der Waals surface area contributed by atoms with E-state index in [4.69, 9.17) is 9.47 Å². The smallest absolute Gasteiger partial charge is 0.286 e. The van der Waals surface area contributed by atoms with Gasteiger partial charge in [0.05, 0.1) is 37.1 Å². The molecule has 0 spiro atoms. The third kappa shape index (κ3) is 4.52. The van der Waals surface area contributed by atoms with E-state index < -0.39 is 10.8 Å². The Labute approximate surface area is 167 Å². The van der Waals surface area contributed by atoms with Crippen molar-refractivity contribution < 1.29 is 19.2 Å². The summed E-state index contributed by atoms with van der Waals surface area (Å²) in [4.78, 5) is 23.2. The van der Waals surface area contributed by atoms with Gasteiger partial charge in [-0.05, 0) is 24.1 Å². The van der Waals surface area contributed by atoms with Gasteiger partial charge in [-0.1, -0.05) is 18.2 Å². The molecule has 0 saturated heterocycles. The molecule has 150 valence electrons. The van der Waals surface area contributed by atoms with Gasteiger partial charge in [-0.25, -0.2) is 4.68 Å². The van der Waals surface area contributed by atoms with Crippen LogP contribution in [0.1, 0.15) is 15.9 Å². The Hall–Kier alpha value is -3.88. The van der Waals surface area contributed by atoms with E-state index in [0.29, 0.717) is 13.0 Å². The van der Waals surface area contributed by atoms with E-state index in [0.717, 1.165) is 11.3 Å². The lowest BCUT2D eigenvalue weighted by Gasteiger charge is -2.10. The number of nitrogens with one attached hydrogen (secondary N) is 1. The summed E-state index contributed by atoms with van der Waals surface area (Å²) in [5, 5.41) is 18.4. The van der Waals surface area contributed by atoms with Crippen LogP contribution in [0.5, 0.6) is 11.5 Å². The second-order valence-corrected chi connectivity index (χ2v) is 6.12. The van der Waals surface area contributed by atoms with Gasteiger partial charge in [-0.2, -0.15) is 5.10 Å². The Morgan fingerprint density at radius 3 is 2.52 bits per heavy atom. The topological polar surface area (TPSA) is 109 Å². The van der Waals surface area contributed by atoms with E-state index in [1.807, 2.05) is 36.5 Å². The fourth-order valence-electron chi connectivity index (χ4n) is 2.83. The molecule has 0 fully saturated rings. The van der Waals surface area contributed by atoms with E-state index >= 15 is 0 Å². The van der Waals surface area contributed by atoms with Crippen LogP contribution in [0.15, 0.2) is 54.9 Å². The second kappa shape index (κ2) is 8.87. The monoisotopic (exact) mass is 396 g/mol. The molecule has 0 bridgehead atoms. The van der Waals surface area contributed by atoms with Crippen molar-refractivity contribution >= 4 is 11.6 Å². The summed E-state index contributed by atoms with van der Waals surface area (Å²) < 4.78 is 12.0. The lowest BCUT2D eigenvalue weighted by Crippen LogP contribution is -2.26. The molecular formula is C20H20N4O5. The zero-order chi connectivity index (χ0) is 20.8. The maximum atomic E-state index is 12.5. The quantitative estimate of drug-likeness (QED) is 0.463. The Morgan fingerprint density at radius 2 is 1.86 bits per heavy atom. The van der Waals surface area contributed by atoms with Crippen molar-refractivity contribution in [2.75, 3.05) is 20.8 Å². The maximum absolute atomic E-state index is 12.5. The molecule has 0 aliphatic rings. The first kappa shape index (κ1) is 19.9. The molecule has 3 rings (SSSR count). The summed E-state index contributed by atoms with van der Waals surface area (Å²) in [6.45, 7) is 0.296. The van der Waals surface area contributed by atoms with E-state index in [9.17, 15) is 14.9 Å². The van der Waals surface area contributed by atoms with Crippen LogP contribution in [0.25, 0.3) is 5.69 Å². The molecule has 1 amide bonds. The maximum Gasteiger partial charge on any atom is 0.286 e. The highest BCUT2D eigenvalue weighted by atomic mass is 16.6. The number of nitro benzene ring substituents is 1. The van der Waals surface area contributed by atoms with Crippen LogP contribution in [-0.4, -0.2) is 41.4 Å². The van der Waals surface area contributed by atoms with Crippen LogP contribution in [0.2, 0.25) is 0 Å². The summed E-state index contributed by atoms with van der Waals surface area (Å²) in [7, 11) is 2.77. The third-order valence-electron chi connectivity index (χ3n) is 4.30. The largest absolute Gasteiger partial charge is 0.493 e. The second-order valence-electron chi connectivity index (χ2n) is 6.12. The van der Waals surface area contributed by atoms with Gasteiger partial charge in [0.25, 0.3) is 11.6 Å². The fraction of sp³-hybridized carbons (Fsp3) is 0.200. The van der Waals surface area contributed by atoms with Crippen LogP contribution in [0.4, 0.5) is 5.69 Å². The molecule has 3 aromatic rings. The van der Waals surface area contributed by atoms with Gasteiger partial charge in [-0.3, -0.25) is 14.9 Å². The third-order valence-corrected chi connectivity index (χ3v) is 4.30. The van der Waals surface area contributed by atoms with Crippen molar-refractivity contribution in [1.29, 1.82) is 0 Å². The van der Waals surface area contributed by atoms with Gasteiger partial charge in [-0.15, -0.1) is 0 Å². The molecule has 2 aromatic carbocycles. The number of aromatic nitrogens is 2. The predicted molar refractivity (Wildman–Crippen MR) is 106 cm³/mol. The SMILES string of the molecule is COc1cc(C(=O)NCCc2cnn(-c3ccccc3)c2)c([N+](=O)[O-])cc1OC. The van der Waals surface area contributed by atoms with E-state index in [1.54, 1.807) is 10.9 Å². The molecule has 0 atom stereocenters. The Morgan fingerprint density at radius 1 is 1.17 bits per heavy atom. The molecule has 29 heavy (non-hydrogen) atoms. The van der Waals surface area contributed by atoms with E-state index in [1.165, 1.54) is 26.4 Å². The van der Waals surface area contributed by atoms with Crippen LogP contribution < -0.4 is 14.8 Å². The Bertz CT molecular complexity index is 1020. The molecule has 0 aliphatic heterocycles. The molecule has 0 unspecified atom stereocenters. The van der Waals surface area contributed by atoms with Gasteiger partial charge in [0.15, 0.2) is 11.5 Å². The summed E-state index contributed by atoms with van der Waals surface area (Å²) in [6, 6.07) is 12.1. The van der Waals surface area contributed by atoms with Crippen LogP contribution in [0.3, 0.4) is 0 Å². The van der Waals surface area contributed by atoms with Gasteiger partial charge in [0.1, 0.15) is 5.56 Å². The lowest BCUT2D eigenvalue weighted by molar-refractivity contribution is -0.385. The van der Waals surface area contributed by atoms with E-state index in [2.05, 4.69) is 10.4 Å². The van der Waals surface area contributed by atoms with Crippen molar-refractivity contribution in [2.24, 2.45) is 0 Å². The zero-order valence-corrected chi connectivity index (χ0v) is 16.0. The zero-order valence-electron chi connectivity index (χ0n) is 16.0. The summed E-state index contributed by atoms with van der Waals surface area (Å²) >= 11 is 0. The molecule has 0 radical (unpaired) electrons. The first-order chi connectivity index (χ1) is 14.0. The highest BCUT2D eigenvalue weighted by molar-refractivity contribution is 5.99. The normalized spacial score (nSPS) is 10.4. The highest BCUT2D eigenvalue weighted by Crippen LogP contribution is 2.34. The number of hydrogen-bond acceptors (Lipinski definition) is 6. The molecular weight excluding hydrogens is 376 g/mol. The van der Waals surface area contributed by atoms with E-state index in [-0.39, 0.29) is 22.7 Å². The minimum atomic E-state index is -0.624. The van der Waals surface area contributed by atoms with Crippen molar-refractivity contribution in [2.45, 2.75) is 6.42 Å². The average Bonchev–Trinajstić information content (AvgIpc) is 3.22. The average molecular weight is 396 g/mol. The fourth-order valence-corrected chi connectivity index (χ4v) is 2.83. The summed E-state index contributed by atoms with van der Waals surface area (Å²) in [5.74, 6) is -0.135. The number of nitrogens with zero attached hydrogens (tertiary/aromatic N) is 3. The Kier molecular flexibility index (Phi) is 6.08. The molecule has 1 aromatic heterocycles. The molecule has 0 saturated carbocycles. The number of methoxy groups -OCH3 is 2. The molecule has 1 N–H and O–H groups in total. The standard InChI is InChI=1S/C20H20N4O5/c1-28-18-10-16(17(24(26)27)11-19(18)29-2)20(25)21-9-8-14-12-22-23(13-14)15-6-4-3-5-7-15/h3-7,10-13H,8-9H2,1-2H3,(H,21,25). The van der Waals surface area contributed by atoms with Crippen molar-refractivity contribution in [1.82, 2.24) is 15.1 Å². The molecule has 0 aliphatic carbocycles. The van der Waals surface area contributed by atoms with Crippen LogP contribution in [-0.2, 0) is 6.42 Å². The Balaban J connectivity index is 1.68. The lowest BCUT2D eigenvalue weighted by atomic mass is 10.1. The van der Waals surface area contributed by atoms with Crippen molar-refractivity contribution in [3.8, 4) is 17.2 Å². The summed E-state index contributed by atoms with van der Waals surface area (Å²) in [6.07, 6.45) is 4.12. The molecule has 1 heterocycles. The van der Waals surface area contributed by atoms with Gasteiger partial charge in [0.2, 0.25) is 0 Å². The van der Waals surface area contributed by atoms with Crippen LogP contribution in [0, 0.1) is 10.1 Å². The molecule has 9 heteroatoms. The highest BCUT2D eigenvalue weighted by Gasteiger charge is 2.24. The number of amides is 1. The predicted octanol–water partition coefficient (Wildman–Crippen LogP) is 2.77. The van der Waals surface area contributed by atoms with Gasteiger partial charge < -0.3 is 14.8 Å². The number of carbonyl (C=O) groups is 1. The number of ether oxygens (including phenoxy) is 2. The minimum Gasteiger partial charge on any atom is -0.493 e. The van der Waals surface area contributed by atoms with Gasteiger partial charge >= 0.3 is 0 Å². The number of hydrogen-bond donors (Lipinski definition) is 1. The minimum absolute atomic E-state index is 0.0902. The van der Waals surface area contributed by atoms with Crippen molar-refractivity contribution in [3.05, 3.63) is 76.1 Å². The number of nitro groups is 1. The number of benzene rings is 2. The first-order valence-corrected chi connectivity index (χ1v) is 8.81. The van der Waals surface area contributed by atoms with Gasteiger partial charge in [0, 0.05) is 18.8 Å². The number of carbonyl (C=O) groups excluding carboxylic acids is 1. The van der Waals surface area contributed by atoms with Crippen LogP contribution >= 0.6 is 0 Å². The summed E-state index contributed by atoms with van der Waals surface area (Å²) in [5.41, 5.74) is 1.42. The number of rotatable bonds is 8. The molecule has 9 nitrogen and oxygen atoms in total. The first-order valence-electron chi connectivity index (χ1n) is 8.81. The number of para-hydroxylation sites is 1. The van der Waals surface area contributed by atoms with Crippen molar-refractivity contribution in [3.63, 3.8) is 0 Å².